The molecular weight excluding hydrogens is 301 g/mol. The minimum atomic E-state index is -0.182. The Bertz CT molecular complexity index is 461. The number of esters is 1. The zero-order valence-corrected chi connectivity index (χ0v) is 12.8. The van der Waals surface area contributed by atoms with Crippen LogP contribution in [0, 0.1) is 0 Å². The maximum absolute atomic E-state index is 11.6. The maximum Gasteiger partial charge on any atom is 0.323 e. The Morgan fingerprint density at radius 3 is 2.75 bits per heavy atom. The third-order valence-corrected chi connectivity index (χ3v) is 3.98. The zero-order valence-electron chi connectivity index (χ0n) is 11.3. The molecule has 110 valence electrons. The molecule has 1 atom stereocenters. The van der Waals surface area contributed by atoms with Crippen molar-refractivity contribution in [3.05, 3.63) is 28.2 Å². The molecule has 0 bridgehead atoms. The Morgan fingerprint density at radius 2 is 2.10 bits per heavy atom. The van der Waals surface area contributed by atoms with E-state index in [1.54, 1.807) is 18.2 Å². The Balaban J connectivity index is 1.88. The van der Waals surface area contributed by atoms with Crippen molar-refractivity contribution in [2.45, 2.75) is 18.9 Å². The highest BCUT2D eigenvalue weighted by Gasteiger charge is 2.31. The fourth-order valence-electron chi connectivity index (χ4n) is 2.38. The van der Waals surface area contributed by atoms with Gasteiger partial charge in [0.1, 0.15) is 12.6 Å². The van der Waals surface area contributed by atoms with Gasteiger partial charge in [0.2, 0.25) is 0 Å². The molecule has 0 amide bonds. The normalized spacial score (nSPS) is 19.1. The predicted molar refractivity (Wildman–Crippen MR) is 78.6 cm³/mol. The van der Waals surface area contributed by atoms with E-state index in [9.17, 15) is 4.79 Å². The molecule has 0 aliphatic carbocycles. The monoisotopic (exact) mass is 317 g/mol. The van der Waals surface area contributed by atoms with Gasteiger partial charge in [0.05, 0.1) is 17.2 Å². The highest BCUT2D eigenvalue weighted by Crippen LogP contribution is 2.32. The minimum Gasteiger partial charge on any atom is -0.489 e. The van der Waals surface area contributed by atoms with E-state index in [2.05, 4.69) is 4.90 Å². The van der Waals surface area contributed by atoms with Crippen LogP contribution in [0.25, 0.3) is 0 Å². The SMILES string of the molecule is COC(=O)C1CCCN1CCOc1c(Cl)cccc1Cl. The first-order valence-electron chi connectivity index (χ1n) is 6.52. The largest absolute Gasteiger partial charge is 0.489 e. The van der Waals surface area contributed by atoms with Crippen LogP contribution >= 0.6 is 23.2 Å². The van der Waals surface area contributed by atoms with E-state index in [-0.39, 0.29) is 12.0 Å². The molecule has 2 rings (SSSR count). The van der Waals surface area contributed by atoms with Crippen molar-refractivity contribution >= 4 is 29.2 Å². The van der Waals surface area contributed by atoms with Crippen LogP contribution in [-0.2, 0) is 9.53 Å². The smallest absolute Gasteiger partial charge is 0.323 e. The quantitative estimate of drug-likeness (QED) is 0.782. The van der Waals surface area contributed by atoms with Crippen molar-refractivity contribution in [1.29, 1.82) is 0 Å². The number of halogens is 2. The van der Waals surface area contributed by atoms with E-state index in [1.165, 1.54) is 7.11 Å². The molecule has 1 aromatic carbocycles. The number of methoxy groups -OCH3 is 1. The summed E-state index contributed by atoms with van der Waals surface area (Å²) in [5.41, 5.74) is 0. The number of nitrogens with zero attached hydrogens (tertiary/aromatic N) is 1. The van der Waals surface area contributed by atoms with Crippen LogP contribution < -0.4 is 4.74 Å². The second-order valence-corrected chi connectivity index (χ2v) is 5.43. The second-order valence-electron chi connectivity index (χ2n) is 4.62. The number of para-hydroxylation sites is 1. The highest BCUT2D eigenvalue weighted by atomic mass is 35.5. The molecule has 6 heteroatoms. The zero-order chi connectivity index (χ0) is 14.5. The second kappa shape index (κ2) is 7.16. The van der Waals surface area contributed by atoms with Crippen molar-refractivity contribution in [3.63, 3.8) is 0 Å². The van der Waals surface area contributed by atoms with E-state index < -0.39 is 0 Å². The van der Waals surface area contributed by atoms with Crippen molar-refractivity contribution in [1.82, 2.24) is 4.90 Å². The fraction of sp³-hybridized carbons (Fsp3) is 0.500. The summed E-state index contributed by atoms with van der Waals surface area (Å²) in [7, 11) is 1.42. The van der Waals surface area contributed by atoms with Gasteiger partial charge in [-0.2, -0.15) is 0 Å². The summed E-state index contributed by atoms with van der Waals surface area (Å²) in [6.45, 7) is 1.94. The van der Waals surface area contributed by atoms with E-state index in [0.29, 0.717) is 28.9 Å². The molecule has 1 fully saturated rings. The lowest BCUT2D eigenvalue weighted by molar-refractivity contribution is -0.145. The summed E-state index contributed by atoms with van der Waals surface area (Å²) < 4.78 is 10.4. The summed E-state index contributed by atoms with van der Waals surface area (Å²) in [5.74, 6) is 0.308. The average molecular weight is 318 g/mol. The van der Waals surface area contributed by atoms with Gasteiger partial charge >= 0.3 is 5.97 Å². The van der Waals surface area contributed by atoms with Gasteiger partial charge in [-0.15, -0.1) is 0 Å². The summed E-state index contributed by atoms with van der Waals surface area (Å²) in [6.07, 6.45) is 1.83. The lowest BCUT2D eigenvalue weighted by Crippen LogP contribution is -2.39. The Hall–Kier alpha value is -0.970. The van der Waals surface area contributed by atoms with E-state index >= 15 is 0 Å². The molecule has 4 nitrogen and oxygen atoms in total. The molecule has 0 radical (unpaired) electrons. The first-order chi connectivity index (χ1) is 9.63. The molecule has 1 aromatic rings. The van der Waals surface area contributed by atoms with E-state index in [1.807, 2.05) is 0 Å². The average Bonchev–Trinajstić information content (AvgIpc) is 2.89. The Labute approximate surface area is 128 Å². The van der Waals surface area contributed by atoms with E-state index in [4.69, 9.17) is 32.7 Å². The molecular formula is C14H17Cl2NO3. The van der Waals surface area contributed by atoms with Gasteiger partial charge < -0.3 is 9.47 Å². The summed E-state index contributed by atoms with van der Waals surface area (Å²) in [5, 5.41) is 0.979. The van der Waals surface area contributed by atoms with Crippen LogP contribution in [0.3, 0.4) is 0 Å². The fourth-order valence-corrected chi connectivity index (χ4v) is 2.89. The number of benzene rings is 1. The van der Waals surface area contributed by atoms with Crippen LogP contribution in [0.5, 0.6) is 5.75 Å². The Kier molecular flexibility index (Phi) is 5.52. The van der Waals surface area contributed by atoms with Gasteiger partial charge in [0.25, 0.3) is 0 Å². The molecule has 0 saturated carbocycles. The van der Waals surface area contributed by atoms with Gasteiger partial charge in [-0.3, -0.25) is 9.69 Å². The minimum absolute atomic E-state index is 0.162. The number of carbonyl (C=O) groups is 1. The van der Waals surface area contributed by atoms with Gasteiger partial charge in [0.15, 0.2) is 5.75 Å². The number of likely N-dealkylation sites (tertiary alicyclic amines) is 1. The van der Waals surface area contributed by atoms with Crippen LogP contribution in [0.15, 0.2) is 18.2 Å². The molecule has 1 aliphatic heterocycles. The van der Waals surface area contributed by atoms with Crippen LogP contribution in [0.1, 0.15) is 12.8 Å². The van der Waals surface area contributed by atoms with E-state index in [0.717, 1.165) is 19.4 Å². The molecule has 1 aliphatic rings. The number of hydrogen-bond acceptors (Lipinski definition) is 4. The topological polar surface area (TPSA) is 38.8 Å². The highest BCUT2D eigenvalue weighted by molar-refractivity contribution is 6.37. The van der Waals surface area contributed by atoms with Gasteiger partial charge in [-0.1, -0.05) is 29.3 Å². The number of rotatable bonds is 5. The van der Waals surface area contributed by atoms with Crippen LogP contribution in [-0.4, -0.2) is 43.7 Å². The molecule has 1 heterocycles. The molecule has 1 saturated heterocycles. The summed E-state index contributed by atoms with van der Waals surface area (Å²) in [6, 6.07) is 5.07. The molecule has 1 unspecified atom stereocenters. The molecule has 20 heavy (non-hydrogen) atoms. The maximum atomic E-state index is 11.6. The summed E-state index contributed by atoms with van der Waals surface area (Å²) in [4.78, 5) is 13.7. The van der Waals surface area contributed by atoms with Crippen molar-refractivity contribution in [2.24, 2.45) is 0 Å². The number of ether oxygens (including phenoxy) is 2. The van der Waals surface area contributed by atoms with Crippen molar-refractivity contribution in [3.8, 4) is 5.75 Å². The van der Waals surface area contributed by atoms with Crippen LogP contribution in [0.4, 0.5) is 0 Å². The molecule has 0 aromatic heterocycles. The molecule has 0 N–H and O–H groups in total. The van der Waals surface area contributed by atoms with Crippen LogP contribution in [0.2, 0.25) is 10.0 Å². The number of hydrogen-bond donors (Lipinski definition) is 0. The van der Waals surface area contributed by atoms with Crippen molar-refractivity contribution < 1.29 is 14.3 Å². The lowest BCUT2D eigenvalue weighted by atomic mass is 10.2. The summed E-state index contributed by atoms with van der Waals surface area (Å²) >= 11 is 12.1. The van der Waals surface area contributed by atoms with Gasteiger partial charge in [0, 0.05) is 6.54 Å². The first-order valence-corrected chi connectivity index (χ1v) is 7.27. The third kappa shape index (κ3) is 3.57. The first kappa shape index (κ1) is 15.4. The predicted octanol–water partition coefficient (Wildman–Crippen LogP) is 3.01. The molecule has 0 spiro atoms. The van der Waals surface area contributed by atoms with Gasteiger partial charge in [-0.25, -0.2) is 0 Å². The van der Waals surface area contributed by atoms with Crippen molar-refractivity contribution in [2.75, 3.05) is 26.8 Å². The Morgan fingerprint density at radius 1 is 1.40 bits per heavy atom. The number of carbonyl (C=O) groups excluding carboxylic acids is 1. The standard InChI is InChI=1S/C14H17Cl2NO3/c1-19-14(18)12-6-3-7-17(12)8-9-20-13-10(15)4-2-5-11(13)16/h2,4-5,12H,3,6-9H2,1H3. The van der Waals surface area contributed by atoms with Gasteiger partial charge in [-0.05, 0) is 31.5 Å². The lowest BCUT2D eigenvalue weighted by Gasteiger charge is -2.22. The third-order valence-electron chi connectivity index (χ3n) is 3.38.